The molecule has 0 radical (unpaired) electrons. The molecule has 0 saturated heterocycles. The highest BCUT2D eigenvalue weighted by Gasteiger charge is 2.69. The van der Waals surface area contributed by atoms with E-state index in [1.165, 1.54) is 32.1 Å². The Labute approximate surface area is 207 Å². The first-order valence-electron chi connectivity index (χ1n) is 13.8. The quantitative estimate of drug-likeness (QED) is 0.405. The van der Waals surface area contributed by atoms with Gasteiger partial charge in [0, 0.05) is 11.8 Å². The molecule has 10 atom stereocenters. The van der Waals surface area contributed by atoms with Gasteiger partial charge in [-0.05, 0) is 85.9 Å². The van der Waals surface area contributed by atoms with Crippen LogP contribution in [0.15, 0.2) is 0 Å². The van der Waals surface area contributed by atoms with Gasteiger partial charge in [-0.15, -0.1) is 0 Å². The van der Waals surface area contributed by atoms with Crippen molar-refractivity contribution < 1.29 is 27.4 Å². The maximum absolute atomic E-state index is 11.9. The smallest absolute Gasteiger partial charge is 0.393 e. The molecule has 0 aromatic heterocycles. The van der Waals surface area contributed by atoms with Gasteiger partial charge in [-0.25, -0.2) is 4.18 Å². The first kappa shape index (κ1) is 26.8. The molecular formula is C27H48O6S. The second kappa shape index (κ2) is 9.27. The lowest BCUT2D eigenvalue weighted by Gasteiger charge is -2.66. The first-order valence-corrected chi connectivity index (χ1v) is 15.1. The Kier molecular flexibility index (Phi) is 7.32. The summed E-state index contributed by atoms with van der Waals surface area (Å²) in [6.07, 6.45) is 8.31. The summed E-state index contributed by atoms with van der Waals surface area (Å²) in [5, 5.41) is 21.9. The van der Waals surface area contributed by atoms with Crippen LogP contribution in [-0.4, -0.2) is 41.0 Å². The fraction of sp³-hybridized carbons (Fsp3) is 1.00. The van der Waals surface area contributed by atoms with Crippen LogP contribution in [0.25, 0.3) is 0 Å². The molecule has 0 amide bonds. The maximum atomic E-state index is 11.9. The number of aliphatic hydroxyl groups is 2. The summed E-state index contributed by atoms with van der Waals surface area (Å²) in [6.45, 7) is 11.6. The molecule has 0 heterocycles. The lowest BCUT2D eigenvalue weighted by Crippen LogP contribution is -2.70. The van der Waals surface area contributed by atoms with Crippen molar-refractivity contribution in [2.24, 2.45) is 46.3 Å². The van der Waals surface area contributed by atoms with E-state index >= 15 is 0 Å². The van der Waals surface area contributed by atoms with Crippen molar-refractivity contribution >= 4 is 10.4 Å². The third-order valence-electron chi connectivity index (χ3n) is 11.2. The van der Waals surface area contributed by atoms with Gasteiger partial charge in [0.1, 0.15) is 5.60 Å². The molecule has 34 heavy (non-hydrogen) atoms. The highest BCUT2D eigenvalue weighted by atomic mass is 32.3. The summed E-state index contributed by atoms with van der Waals surface area (Å²) in [6, 6.07) is 0. The monoisotopic (exact) mass is 500 g/mol. The molecule has 0 spiro atoms. The molecule has 0 aromatic rings. The highest BCUT2D eigenvalue weighted by molar-refractivity contribution is 7.80. The molecule has 4 aliphatic rings. The Hall–Kier alpha value is -0.210. The van der Waals surface area contributed by atoms with Crippen LogP contribution in [0.3, 0.4) is 0 Å². The summed E-state index contributed by atoms with van der Waals surface area (Å²) < 4.78 is 38.9. The fourth-order valence-corrected chi connectivity index (χ4v) is 10.4. The number of fused-ring (bicyclic) bond motifs is 5. The van der Waals surface area contributed by atoms with E-state index in [4.69, 9.17) is 4.18 Å². The highest BCUT2D eigenvalue weighted by Crippen LogP contribution is 2.70. The predicted octanol–water partition coefficient (Wildman–Crippen LogP) is 5.38. The van der Waals surface area contributed by atoms with Crippen molar-refractivity contribution in [2.75, 3.05) is 0 Å². The summed E-state index contributed by atoms with van der Waals surface area (Å²) in [5.74, 6) is 3.20. The SMILES string of the molecule is CC(C)CCCC(C)C1CCC2C3CC(O)C4(OS(=O)(=O)O)CC(O)CCC4(C)C3CCC12C. The van der Waals surface area contributed by atoms with Crippen molar-refractivity contribution in [3.05, 3.63) is 0 Å². The predicted molar refractivity (Wildman–Crippen MR) is 132 cm³/mol. The number of hydrogen-bond donors (Lipinski definition) is 3. The lowest BCUT2D eigenvalue weighted by atomic mass is 9.42. The van der Waals surface area contributed by atoms with E-state index in [9.17, 15) is 23.2 Å². The number of aliphatic hydroxyl groups excluding tert-OH is 2. The largest absolute Gasteiger partial charge is 0.398 e. The molecule has 3 N–H and O–H groups in total. The fourth-order valence-electron chi connectivity index (χ4n) is 9.63. The van der Waals surface area contributed by atoms with Crippen LogP contribution in [0.2, 0.25) is 0 Å². The number of rotatable bonds is 7. The lowest BCUT2D eigenvalue weighted by molar-refractivity contribution is -0.253. The molecule has 4 saturated carbocycles. The van der Waals surface area contributed by atoms with E-state index in [2.05, 4.69) is 27.7 Å². The molecule has 0 aromatic carbocycles. The van der Waals surface area contributed by atoms with Crippen LogP contribution in [0, 0.1) is 46.3 Å². The van der Waals surface area contributed by atoms with Crippen molar-refractivity contribution in [3.63, 3.8) is 0 Å². The molecular weight excluding hydrogens is 452 g/mol. The summed E-state index contributed by atoms with van der Waals surface area (Å²) in [7, 11) is -4.77. The van der Waals surface area contributed by atoms with Crippen LogP contribution in [-0.2, 0) is 14.6 Å². The minimum absolute atomic E-state index is 0.0467. The summed E-state index contributed by atoms with van der Waals surface area (Å²) in [5.41, 5.74) is -1.81. The molecule has 0 bridgehead atoms. The molecule has 10 unspecified atom stereocenters. The first-order chi connectivity index (χ1) is 15.7. The van der Waals surface area contributed by atoms with E-state index in [0.717, 1.165) is 18.8 Å². The molecule has 4 aliphatic carbocycles. The Balaban J connectivity index is 1.60. The van der Waals surface area contributed by atoms with E-state index < -0.39 is 33.6 Å². The molecule has 7 heteroatoms. The zero-order chi connectivity index (χ0) is 25.1. The average molecular weight is 501 g/mol. The summed E-state index contributed by atoms with van der Waals surface area (Å²) >= 11 is 0. The van der Waals surface area contributed by atoms with E-state index in [1.807, 2.05) is 6.92 Å². The molecule has 4 fully saturated rings. The normalized spacial score (nSPS) is 47.7. The van der Waals surface area contributed by atoms with Crippen molar-refractivity contribution in [1.82, 2.24) is 0 Å². The van der Waals surface area contributed by atoms with Gasteiger partial charge in [0.15, 0.2) is 0 Å². The number of hydrogen-bond acceptors (Lipinski definition) is 5. The van der Waals surface area contributed by atoms with Crippen molar-refractivity contribution in [3.8, 4) is 0 Å². The van der Waals surface area contributed by atoms with Gasteiger partial charge in [0.2, 0.25) is 0 Å². The summed E-state index contributed by atoms with van der Waals surface area (Å²) in [4.78, 5) is 0. The molecule has 198 valence electrons. The van der Waals surface area contributed by atoms with Gasteiger partial charge in [0.05, 0.1) is 12.2 Å². The second-order valence-electron chi connectivity index (χ2n) is 13.4. The zero-order valence-corrected chi connectivity index (χ0v) is 22.7. The van der Waals surface area contributed by atoms with E-state index in [0.29, 0.717) is 42.9 Å². The molecule has 6 nitrogen and oxygen atoms in total. The third kappa shape index (κ3) is 4.40. The molecule has 4 rings (SSSR count). The Morgan fingerprint density at radius 2 is 1.68 bits per heavy atom. The Morgan fingerprint density at radius 1 is 0.971 bits per heavy atom. The van der Waals surface area contributed by atoms with Crippen LogP contribution >= 0.6 is 0 Å². The van der Waals surface area contributed by atoms with Crippen molar-refractivity contribution in [1.29, 1.82) is 0 Å². The second-order valence-corrected chi connectivity index (χ2v) is 14.4. The van der Waals surface area contributed by atoms with Crippen LogP contribution < -0.4 is 0 Å². The topological polar surface area (TPSA) is 104 Å². The average Bonchev–Trinajstić information content (AvgIpc) is 3.06. The van der Waals surface area contributed by atoms with Gasteiger partial charge >= 0.3 is 10.4 Å². The third-order valence-corrected chi connectivity index (χ3v) is 11.8. The maximum Gasteiger partial charge on any atom is 0.398 e. The van der Waals surface area contributed by atoms with Crippen LogP contribution in [0.5, 0.6) is 0 Å². The van der Waals surface area contributed by atoms with Crippen molar-refractivity contribution in [2.45, 2.75) is 123 Å². The Morgan fingerprint density at radius 3 is 2.32 bits per heavy atom. The van der Waals surface area contributed by atoms with Gasteiger partial charge < -0.3 is 10.2 Å². The minimum Gasteiger partial charge on any atom is -0.393 e. The zero-order valence-electron chi connectivity index (χ0n) is 21.9. The van der Waals surface area contributed by atoms with Gasteiger partial charge in [-0.1, -0.05) is 53.9 Å². The standard InChI is InChI=1S/C27H48O6S/c1-17(2)7-6-8-18(3)21-9-10-22-20-15-24(29)27(33-34(30,31)32)16-19(28)11-14-26(27,5)23(20)12-13-25(21,22)4/h17-24,28-29H,6-16H2,1-5H3,(H,30,31,32). The van der Waals surface area contributed by atoms with Gasteiger partial charge in [0.25, 0.3) is 0 Å². The van der Waals surface area contributed by atoms with E-state index in [1.54, 1.807) is 0 Å². The van der Waals surface area contributed by atoms with Gasteiger partial charge in [-0.2, -0.15) is 8.42 Å². The Bertz CT molecular complexity index is 844. The van der Waals surface area contributed by atoms with E-state index in [-0.39, 0.29) is 17.8 Å². The molecule has 0 aliphatic heterocycles. The van der Waals surface area contributed by atoms with Crippen LogP contribution in [0.1, 0.15) is 105 Å². The minimum atomic E-state index is -4.77. The van der Waals surface area contributed by atoms with Crippen LogP contribution in [0.4, 0.5) is 0 Å². The van der Waals surface area contributed by atoms with Gasteiger partial charge in [-0.3, -0.25) is 4.55 Å².